The lowest BCUT2D eigenvalue weighted by Gasteiger charge is -2.36. The van der Waals surface area contributed by atoms with E-state index in [9.17, 15) is 18.0 Å². The maximum absolute atomic E-state index is 13.5. The van der Waals surface area contributed by atoms with Gasteiger partial charge in [0.25, 0.3) is 0 Å². The zero-order valence-corrected chi connectivity index (χ0v) is 14.4. The zero-order chi connectivity index (χ0) is 18.7. The van der Waals surface area contributed by atoms with Crippen molar-refractivity contribution in [2.45, 2.75) is 19.5 Å². The van der Waals surface area contributed by atoms with E-state index < -0.39 is 11.9 Å². The van der Waals surface area contributed by atoms with Crippen LogP contribution in [0.5, 0.6) is 0 Å². The van der Waals surface area contributed by atoms with E-state index in [1.54, 1.807) is 28.0 Å². The highest BCUT2D eigenvalue weighted by molar-refractivity contribution is 5.77. The van der Waals surface area contributed by atoms with E-state index in [1.165, 1.54) is 6.07 Å². The van der Waals surface area contributed by atoms with Crippen LogP contribution in [0, 0.1) is 0 Å². The Morgan fingerprint density at radius 1 is 1.12 bits per heavy atom. The van der Waals surface area contributed by atoms with Crippen molar-refractivity contribution in [1.82, 2.24) is 20.2 Å². The van der Waals surface area contributed by atoms with Crippen LogP contribution in [-0.4, -0.2) is 53.6 Å². The van der Waals surface area contributed by atoms with Crippen LogP contribution in [0.2, 0.25) is 0 Å². The fourth-order valence-corrected chi connectivity index (χ4v) is 2.87. The van der Waals surface area contributed by atoms with E-state index in [1.807, 2.05) is 6.92 Å². The number of halogens is 3. The largest absolute Gasteiger partial charge is 0.437 e. The highest BCUT2D eigenvalue weighted by Gasteiger charge is 2.39. The highest BCUT2D eigenvalue weighted by Crippen LogP contribution is 2.35. The van der Waals surface area contributed by atoms with Crippen LogP contribution >= 0.6 is 0 Å². The number of anilines is 1. The number of benzene rings is 1. The molecule has 3 rings (SSSR count). The number of hydrogen-bond donors (Lipinski definition) is 1. The molecule has 1 aliphatic rings. The van der Waals surface area contributed by atoms with Gasteiger partial charge in [-0.05, 0) is 18.6 Å². The molecule has 1 N–H and O–H groups in total. The maximum atomic E-state index is 13.5. The molecule has 0 radical (unpaired) electrons. The lowest BCUT2D eigenvalue weighted by Crippen LogP contribution is -2.52. The number of aromatic nitrogens is 2. The van der Waals surface area contributed by atoms with Crippen molar-refractivity contribution < 1.29 is 18.0 Å². The number of urea groups is 1. The summed E-state index contributed by atoms with van der Waals surface area (Å²) in [7, 11) is 0. The first-order chi connectivity index (χ1) is 12.4. The van der Waals surface area contributed by atoms with E-state index in [0.717, 1.165) is 6.42 Å². The van der Waals surface area contributed by atoms with Crippen molar-refractivity contribution in [1.29, 1.82) is 0 Å². The fraction of sp³-hybridized carbons (Fsp3) is 0.471. The number of fused-ring (bicyclic) bond motifs is 1. The lowest BCUT2D eigenvalue weighted by molar-refractivity contribution is -0.140. The molecule has 0 aliphatic carbocycles. The van der Waals surface area contributed by atoms with Crippen LogP contribution in [0.1, 0.15) is 19.0 Å². The van der Waals surface area contributed by atoms with Crippen LogP contribution in [0.25, 0.3) is 11.0 Å². The molecular weight excluding hydrogens is 347 g/mol. The van der Waals surface area contributed by atoms with Crippen molar-refractivity contribution in [3.05, 3.63) is 30.0 Å². The Morgan fingerprint density at radius 2 is 1.73 bits per heavy atom. The Hall–Kier alpha value is -2.58. The normalized spacial score (nSPS) is 15.4. The van der Waals surface area contributed by atoms with Gasteiger partial charge in [0, 0.05) is 32.7 Å². The third-order valence-electron chi connectivity index (χ3n) is 4.21. The van der Waals surface area contributed by atoms with Crippen LogP contribution in [0.15, 0.2) is 24.3 Å². The minimum atomic E-state index is -4.60. The summed E-state index contributed by atoms with van der Waals surface area (Å²) in [4.78, 5) is 23.1. The number of nitrogens with zero attached hydrogens (tertiary/aromatic N) is 4. The third kappa shape index (κ3) is 3.81. The van der Waals surface area contributed by atoms with E-state index in [2.05, 4.69) is 15.3 Å². The molecule has 1 saturated heterocycles. The lowest BCUT2D eigenvalue weighted by atomic mass is 10.2. The molecule has 2 aromatic rings. The second-order valence-corrected chi connectivity index (χ2v) is 6.09. The summed E-state index contributed by atoms with van der Waals surface area (Å²) >= 11 is 0. The molecule has 0 unspecified atom stereocenters. The summed E-state index contributed by atoms with van der Waals surface area (Å²) in [5.74, 6) is -0.176. The molecule has 1 aromatic heterocycles. The summed E-state index contributed by atoms with van der Waals surface area (Å²) in [5.41, 5.74) is -0.361. The maximum Gasteiger partial charge on any atom is 0.437 e. The van der Waals surface area contributed by atoms with E-state index >= 15 is 0 Å². The minimum Gasteiger partial charge on any atom is -0.351 e. The van der Waals surface area contributed by atoms with E-state index in [-0.39, 0.29) is 30.5 Å². The molecule has 26 heavy (non-hydrogen) atoms. The van der Waals surface area contributed by atoms with Gasteiger partial charge in [-0.15, -0.1) is 0 Å². The molecule has 140 valence electrons. The Labute approximate surface area is 149 Å². The van der Waals surface area contributed by atoms with Gasteiger partial charge in [-0.2, -0.15) is 13.2 Å². The molecule has 6 nitrogen and oxygen atoms in total. The molecule has 0 spiro atoms. The van der Waals surface area contributed by atoms with Crippen LogP contribution < -0.4 is 10.2 Å². The number of nitrogens with one attached hydrogen (secondary N) is 1. The first kappa shape index (κ1) is 18.2. The predicted molar refractivity (Wildman–Crippen MR) is 92.0 cm³/mol. The zero-order valence-electron chi connectivity index (χ0n) is 14.4. The van der Waals surface area contributed by atoms with Crippen LogP contribution in [0.3, 0.4) is 0 Å². The van der Waals surface area contributed by atoms with Crippen molar-refractivity contribution in [2.75, 3.05) is 37.6 Å². The average Bonchev–Trinajstić information content (AvgIpc) is 2.64. The van der Waals surface area contributed by atoms with Gasteiger partial charge in [0.1, 0.15) is 0 Å². The van der Waals surface area contributed by atoms with Gasteiger partial charge in [-0.25, -0.2) is 14.8 Å². The van der Waals surface area contributed by atoms with Crippen LogP contribution in [-0.2, 0) is 6.18 Å². The van der Waals surface area contributed by atoms with Gasteiger partial charge in [0.05, 0.1) is 11.0 Å². The summed E-state index contributed by atoms with van der Waals surface area (Å²) in [5, 5.41) is 2.78. The van der Waals surface area contributed by atoms with Gasteiger partial charge in [-0.1, -0.05) is 19.1 Å². The monoisotopic (exact) mass is 367 g/mol. The number of para-hydroxylation sites is 2. The van der Waals surface area contributed by atoms with Gasteiger partial charge >= 0.3 is 12.2 Å². The molecule has 0 atom stereocenters. The average molecular weight is 367 g/mol. The number of piperazine rings is 1. The summed E-state index contributed by atoms with van der Waals surface area (Å²) in [6.07, 6.45) is -3.77. The quantitative estimate of drug-likeness (QED) is 0.906. The molecule has 1 fully saturated rings. The number of carbonyl (C=O) groups is 1. The third-order valence-corrected chi connectivity index (χ3v) is 4.21. The number of rotatable bonds is 3. The Kier molecular flexibility index (Phi) is 5.15. The summed E-state index contributed by atoms with van der Waals surface area (Å²) in [6.45, 7) is 3.75. The topological polar surface area (TPSA) is 61.4 Å². The number of alkyl halides is 3. The molecular formula is C17H20F3N5O. The fourth-order valence-electron chi connectivity index (χ4n) is 2.87. The number of amides is 2. The van der Waals surface area contributed by atoms with Gasteiger partial charge < -0.3 is 15.1 Å². The Balaban J connectivity index is 1.83. The minimum absolute atomic E-state index is 0.176. The van der Waals surface area contributed by atoms with Crippen molar-refractivity contribution in [3.8, 4) is 0 Å². The first-order valence-corrected chi connectivity index (χ1v) is 8.52. The van der Waals surface area contributed by atoms with E-state index in [4.69, 9.17) is 0 Å². The van der Waals surface area contributed by atoms with Gasteiger partial charge in [0.2, 0.25) is 0 Å². The van der Waals surface area contributed by atoms with Gasteiger partial charge in [-0.3, -0.25) is 0 Å². The SMILES string of the molecule is CCCNC(=O)N1CCN(c2nc3ccccc3nc2C(F)(F)F)CC1. The highest BCUT2D eigenvalue weighted by atomic mass is 19.4. The molecule has 1 aromatic carbocycles. The summed E-state index contributed by atoms with van der Waals surface area (Å²) in [6, 6.07) is 6.30. The smallest absolute Gasteiger partial charge is 0.351 e. The Bertz CT molecular complexity index is 788. The van der Waals surface area contributed by atoms with E-state index in [0.29, 0.717) is 25.2 Å². The molecule has 0 bridgehead atoms. The van der Waals surface area contributed by atoms with Gasteiger partial charge in [0.15, 0.2) is 11.5 Å². The molecule has 1 aliphatic heterocycles. The molecule has 9 heteroatoms. The van der Waals surface area contributed by atoms with Crippen molar-refractivity contribution in [3.63, 3.8) is 0 Å². The molecule has 2 amide bonds. The molecule has 2 heterocycles. The standard InChI is InChI=1S/C17H20F3N5O/c1-2-7-21-16(26)25-10-8-24(9-11-25)15-14(17(18,19)20)22-12-5-3-4-6-13(12)23-15/h3-6H,2,7-11H2,1H3,(H,21,26). The Morgan fingerprint density at radius 3 is 2.31 bits per heavy atom. The summed E-state index contributed by atoms with van der Waals surface area (Å²) < 4.78 is 40.4. The number of hydrogen-bond acceptors (Lipinski definition) is 4. The van der Waals surface area contributed by atoms with Crippen molar-refractivity contribution >= 4 is 22.9 Å². The molecule has 0 saturated carbocycles. The second kappa shape index (κ2) is 7.35. The van der Waals surface area contributed by atoms with Crippen LogP contribution in [0.4, 0.5) is 23.8 Å². The second-order valence-electron chi connectivity index (χ2n) is 6.09. The number of carbonyl (C=O) groups excluding carboxylic acids is 1. The first-order valence-electron chi connectivity index (χ1n) is 8.52. The van der Waals surface area contributed by atoms with Crippen molar-refractivity contribution in [2.24, 2.45) is 0 Å². The predicted octanol–water partition coefficient (Wildman–Crippen LogP) is 2.89.